The molecule has 0 aliphatic carbocycles. The Morgan fingerprint density at radius 3 is 2.52 bits per heavy atom. The number of hydrogen-bond donors (Lipinski definition) is 0. The van der Waals surface area contributed by atoms with Crippen molar-refractivity contribution in [2.75, 3.05) is 31.1 Å². The summed E-state index contributed by atoms with van der Waals surface area (Å²) in [6, 6.07) is 13.1. The lowest BCUT2D eigenvalue weighted by Crippen LogP contribution is -2.49. The Balaban J connectivity index is 1.32. The van der Waals surface area contributed by atoms with Crippen molar-refractivity contribution in [3.8, 4) is 5.88 Å². The Kier molecular flexibility index (Phi) is 4.95. The van der Waals surface area contributed by atoms with Crippen LogP contribution in [-0.4, -0.2) is 52.1 Å². The number of carbonyl (C=O) groups is 1. The van der Waals surface area contributed by atoms with E-state index in [0.29, 0.717) is 44.6 Å². The Hall–Kier alpha value is -3.42. The second-order valence-corrected chi connectivity index (χ2v) is 6.13. The van der Waals surface area contributed by atoms with E-state index >= 15 is 0 Å². The van der Waals surface area contributed by atoms with Gasteiger partial charge in [-0.25, -0.2) is 9.97 Å². The standard InChI is InChI=1S/C19H19N5O3/c25-18(23-9-11-24(12-10-23)19-20-7-4-8-21-19)16-13-17(22-27-16)26-14-15-5-2-1-3-6-15/h1-8,13H,9-12,14H2. The summed E-state index contributed by atoms with van der Waals surface area (Å²) in [6.07, 6.45) is 3.43. The average Bonchev–Trinajstić information content (AvgIpc) is 3.22. The van der Waals surface area contributed by atoms with Gasteiger partial charge >= 0.3 is 0 Å². The molecule has 138 valence electrons. The molecule has 3 aromatic rings. The van der Waals surface area contributed by atoms with Crippen molar-refractivity contribution in [2.24, 2.45) is 0 Å². The van der Waals surface area contributed by atoms with Crippen molar-refractivity contribution in [2.45, 2.75) is 6.61 Å². The number of aromatic nitrogens is 3. The molecule has 0 saturated carbocycles. The minimum Gasteiger partial charge on any atom is -0.471 e. The van der Waals surface area contributed by atoms with E-state index in [1.165, 1.54) is 6.07 Å². The molecule has 0 atom stereocenters. The topological polar surface area (TPSA) is 84.6 Å². The van der Waals surface area contributed by atoms with Crippen LogP contribution in [0, 0.1) is 0 Å². The maximum absolute atomic E-state index is 12.6. The minimum atomic E-state index is -0.189. The van der Waals surface area contributed by atoms with E-state index in [2.05, 4.69) is 20.0 Å². The molecule has 3 heterocycles. The van der Waals surface area contributed by atoms with E-state index in [1.54, 1.807) is 23.4 Å². The van der Waals surface area contributed by atoms with Crippen molar-refractivity contribution >= 4 is 11.9 Å². The van der Waals surface area contributed by atoms with Crippen LogP contribution < -0.4 is 9.64 Å². The molecule has 2 aromatic heterocycles. The number of hydrogen-bond acceptors (Lipinski definition) is 7. The molecule has 4 rings (SSSR count). The lowest BCUT2D eigenvalue weighted by molar-refractivity contribution is 0.0704. The fraction of sp³-hybridized carbons (Fsp3) is 0.263. The molecule has 1 saturated heterocycles. The lowest BCUT2D eigenvalue weighted by Gasteiger charge is -2.34. The normalized spacial score (nSPS) is 14.2. The first-order valence-corrected chi connectivity index (χ1v) is 8.74. The molecule has 0 N–H and O–H groups in total. The van der Waals surface area contributed by atoms with Crippen molar-refractivity contribution in [3.05, 3.63) is 66.2 Å². The van der Waals surface area contributed by atoms with Gasteiger partial charge in [-0.15, -0.1) is 0 Å². The maximum Gasteiger partial charge on any atom is 0.292 e. The first-order chi connectivity index (χ1) is 13.3. The Morgan fingerprint density at radius 1 is 1.04 bits per heavy atom. The van der Waals surface area contributed by atoms with Crippen molar-refractivity contribution in [1.82, 2.24) is 20.0 Å². The highest BCUT2D eigenvalue weighted by molar-refractivity contribution is 5.91. The van der Waals surface area contributed by atoms with Crippen LogP contribution >= 0.6 is 0 Å². The monoisotopic (exact) mass is 365 g/mol. The van der Waals surface area contributed by atoms with Gasteiger partial charge in [-0.3, -0.25) is 4.79 Å². The summed E-state index contributed by atoms with van der Waals surface area (Å²) in [5.41, 5.74) is 1.02. The Labute approximate surface area is 156 Å². The summed E-state index contributed by atoms with van der Waals surface area (Å²) in [5.74, 6) is 0.979. The third-order valence-electron chi connectivity index (χ3n) is 4.33. The summed E-state index contributed by atoms with van der Waals surface area (Å²) in [6.45, 7) is 2.84. The SMILES string of the molecule is O=C(c1cc(OCc2ccccc2)no1)N1CCN(c2ncccn2)CC1. The summed E-state index contributed by atoms with van der Waals surface area (Å²) in [7, 11) is 0. The van der Waals surface area contributed by atoms with Gasteiger partial charge in [-0.1, -0.05) is 30.3 Å². The predicted octanol–water partition coefficient (Wildman–Crippen LogP) is 2.01. The van der Waals surface area contributed by atoms with Gasteiger partial charge in [0.15, 0.2) is 0 Å². The molecule has 27 heavy (non-hydrogen) atoms. The van der Waals surface area contributed by atoms with Gasteiger partial charge in [0.1, 0.15) is 6.61 Å². The summed E-state index contributed by atoms with van der Waals surface area (Å²) >= 11 is 0. The molecule has 1 amide bonds. The van der Waals surface area contributed by atoms with Gasteiger partial charge in [-0.05, 0) is 16.8 Å². The third kappa shape index (κ3) is 4.05. The second kappa shape index (κ2) is 7.86. The molecular formula is C19H19N5O3. The van der Waals surface area contributed by atoms with E-state index in [-0.39, 0.29) is 11.7 Å². The highest BCUT2D eigenvalue weighted by atomic mass is 16.5. The number of rotatable bonds is 5. The minimum absolute atomic E-state index is 0.183. The third-order valence-corrected chi connectivity index (χ3v) is 4.33. The fourth-order valence-electron chi connectivity index (χ4n) is 2.88. The molecule has 0 bridgehead atoms. The highest BCUT2D eigenvalue weighted by Gasteiger charge is 2.26. The van der Waals surface area contributed by atoms with Crippen molar-refractivity contribution in [1.29, 1.82) is 0 Å². The number of amides is 1. The van der Waals surface area contributed by atoms with Crippen LogP contribution in [0.5, 0.6) is 5.88 Å². The molecular weight excluding hydrogens is 346 g/mol. The molecule has 1 aliphatic rings. The van der Waals surface area contributed by atoms with Crippen molar-refractivity contribution in [3.63, 3.8) is 0 Å². The molecule has 8 nitrogen and oxygen atoms in total. The zero-order valence-electron chi connectivity index (χ0n) is 14.7. The number of benzene rings is 1. The number of piperazine rings is 1. The predicted molar refractivity (Wildman–Crippen MR) is 97.4 cm³/mol. The van der Waals surface area contributed by atoms with Crippen LogP contribution in [0.15, 0.2) is 59.4 Å². The summed E-state index contributed by atoms with van der Waals surface area (Å²) in [4.78, 5) is 24.9. The van der Waals surface area contributed by atoms with E-state index in [1.807, 2.05) is 30.3 Å². The van der Waals surface area contributed by atoms with Gasteiger partial charge in [0.2, 0.25) is 11.7 Å². The van der Waals surface area contributed by atoms with Crippen LogP contribution in [0.3, 0.4) is 0 Å². The van der Waals surface area contributed by atoms with Gasteiger partial charge in [-0.2, -0.15) is 0 Å². The van der Waals surface area contributed by atoms with E-state index in [0.717, 1.165) is 5.56 Å². The smallest absolute Gasteiger partial charge is 0.292 e. The molecule has 1 aliphatic heterocycles. The number of carbonyl (C=O) groups excluding carboxylic acids is 1. The van der Waals surface area contributed by atoms with Gasteiger partial charge < -0.3 is 19.1 Å². The van der Waals surface area contributed by atoms with Crippen LogP contribution in [0.4, 0.5) is 5.95 Å². The first kappa shape index (κ1) is 17.0. The van der Waals surface area contributed by atoms with Crippen LogP contribution in [0.25, 0.3) is 0 Å². The lowest BCUT2D eigenvalue weighted by atomic mass is 10.2. The van der Waals surface area contributed by atoms with Gasteiger partial charge in [0.25, 0.3) is 11.8 Å². The van der Waals surface area contributed by atoms with Crippen molar-refractivity contribution < 1.29 is 14.1 Å². The zero-order valence-corrected chi connectivity index (χ0v) is 14.7. The van der Waals surface area contributed by atoms with E-state index < -0.39 is 0 Å². The van der Waals surface area contributed by atoms with Gasteiger partial charge in [0.05, 0.1) is 6.07 Å². The van der Waals surface area contributed by atoms with Crippen LogP contribution in [-0.2, 0) is 6.61 Å². The number of ether oxygens (including phenoxy) is 1. The van der Waals surface area contributed by atoms with Crippen LogP contribution in [0.2, 0.25) is 0 Å². The van der Waals surface area contributed by atoms with E-state index in [4.69, 9.17) is 9.26 Å². The molecule has 0 spiro atoms. The van der Waals surface area contributed by atoms with E-state index in [9.17, 15) is 4.79 Å². The average molecular weight is 365 g/mol. The maximum atomic E-state index is 12.6. The quantitative estimate of drug-likeness (QED) is 0.684. The molecule has 8 heteroatoms. The Morgan fingerprint density at radius 2 is 1.78 bits per heavy atom. The summed E-state index contributed by atoms with van der Waals surface area (Å²) in [5, 5.41) is 3.83. The van der Waals surface area contributed by atoms with Crippen LogP contribution in [0.1, 0.15) is 16.1 Å². The largest absolute Gasteiger partial charge is 0.471 e. The molecule has 1 aromatic carbocycles. The summed E-state index contributed by atoms with van der Waals surface area (Å²) < 4.78 is 10.8. The zero-order chi connectivity index (χ0) is 18.5. The first-order valence-electron chi connectivity index (χ1n) is 8.74. The molecule has 1 fully saturated rings. The fourth-order valence-corrected chi connectivity index (χ4v) is 2.88. The number of nitrogens with zero attached hydrogens (tertiary/aromatic N) is 5. The molecule has 0 radical (unpaired) electrons. The van der Waals surface area contributed by atoms with Gasteiger partial charge in [0, 0.05) is 38.6 Å². The Bertz CT molecular complexity index is 877. The molecule has 0 unspecified atom stereocenters. The second-order valence-electron chi connectivity index (χ2n) is 6.13. The highest BCUT2D eigenvalue weighted by Crippen LogP contribution is 2.17. The number of anilines is 1.